The van der Waals surface area contributed by atoms with Crippen LogP contribution in [0.4, 0.5) is 5.82 Å². The second kappa shape index (κ2) is 8.61. The van der Waals surface area contributed by atoms with Crippen LogP contribution >= 0.6 is 0 Å². The molecular formula is C21H21N7O2. The third-order valence-corrected chi connectivity index (χ3v) is 4.90. The van der Waals surface area contributed by atoms with Crippen molar-refractivity contribution >= 4 is 22.8 Å². The van der Waals surface area contributed by atoms with Crippen LogP contribution < -0.4 is 10.5 Å². The molecule has 9 heteroatoms. The van der Waals surface area contributed by atoms with E-state index in [1.807, 2.05) is 10.7 Å². The number of amides is 1. The van der Waals surface area contributed by atoms with E-state index in [-0.39, 0.29) is 18.6 Å². The smallest absolute Gasteiger partial charge is 0.246 e. The minimum atomic E-state index is -0.0853. The first-order chi connectivity index (χ1) is 14.7. The number of likely N-dealkylation sites (tertiary alicyclic amines) is 1. The topological polar surface area (TPSA) is 112 Å². The number of fused-ring (bicyclic) bond motifs is 1. The second-order valence-corrected chi connectivity index (χ2v) is 6.81. The first-order valence-electron chi connectivity index (χ1n) is 9.59. The van der Waals surface area contributed by atoms with Gasteiger partial charge in [0.2, 0.25) is 5.91 Å². The monoisotopic (exact) mass is 403 g/mol. The molecule has 0 saturated carbocycles. The average Bonchev–Trinajstić information content (AvgIpc) is 3.17. The summed E-state index contributed by atoms with van der Waals surface area (Å²) in [5.74, 6) is 6.85. The SMILES string of the molecule is C=CC(=O)N1CCCC(n2nc(C#CCOc3cccnc3)c3c(N)ncnc32)C1. The molecule has 1 aliphatic heterocycles. The predicted molar refractivity (Wildman–Crippen MR) is 111 cm³/mol. The van der Waals surface area contributed by atoms with Crippen molar-refractivity contribution in [3.8, 4) is 17.6 Å². The Morgan fingerprint density at radius 1 is 1.43 bits per heavy atom. The van der Waals surface area contributed by atoms with Gasteiger partial charge in [0.05, 0.1) is 17.6 Å². The lowest BCUT2D eigenvalue weighted by molar-refractivity contribution is -0.127. The maximum Gasteiger partial charge on any atom is 0.246 e. The van der Waals surface area contributed by atoms with E-state index in [1.54, 1.807) is 23.4 Å². The van der Waals surface area contributed by atoms with E-state index in [9.17, 15) is 4.79 Å². The molecule has 3 aromatic rings. The number of nitrogens with zero attached hydrogens (tertiary/aromatic N) is 6. The summed E-state index contributed by atoms with van der Waals surface area (Å²) in [7, 11) is 0. The first kappa shape index (κ1) is 19.4. The summed E-state index contributed by atoms with van der Waals surface area (Å²) >= 11 is 0. The van der Waals surface area contributed by atoms with Crippen molar-refractivity contribution in [2.75, 3.05) is 25.4 Å². The molecular weight excluding hydrogens is 382 g/mol. The van der Waals surface area contributed by atoms with Crippen LogP contribution in [0, 0.1) is 11.8 Å². The molecule has 1 amide bonds. The van der Waals surface area contributed by atoms with E-state index in [0.29, 0.717) is 41.4 Å². The van der Waals surface area contributed by atoms with E-state index < -0.39 is 0 Å². The highest BCUT2D eigenvalue weighted by Gasteiger charge is 2.27. The molecule has 30 heavy (non-hydrogen) atoms. The molecule has 1 saturated heterocycles. The lowest BCUT2D eigenvalue weighted by atomic mass is 10.1. The summed E-state index contributed by atoms with van der Waals surface area (Å²) in [5, 5.41) is 5.28. The van der Waals surface area contributed by atoms with Crippen molar-refractivity contribution in [3.05, 3.63) is 49.2 Å². The Balaban J connectivity index is 1.61. The van der Waals surface area contributed by atoms with Gasteiger partial charge in [-0.05, 0) is 37.0 Å². The van der Waals surface area contributed by atoms with Gasteiger partial charge in [-0.2, -0.15) is 5.10 Å². The fourth-order valence-corrected chi connectivity index (χ4v) is 3.49. The van der Waals surface area contributed by atoms with Gasteiger partial charge >= 0.3 is 0 Å². The normalized spacial score (nSPS) is 16.0. The third-order valence-electron chi connectivity index (χ3n) is 4.90. The van der Waals surface area contributed by atoms with Crippen molar-refractivity contribution < 1.29 is 9.53 Å². The molecule has 0 aromatic carbocycles. The van der Waals surface area contributed by atoms with Crippen LogP contribution in [0.5, 0.6) is 5.75 Å². The van der Waals surface area contributed by atoms with Crippen molar-refractivity contribution in [2.45, 2.75) is 18.9 Å². The van der Waals surface area contributed by atoms with Crippen molar-refractivity contribution in [3.63, 3.8) is 0 Å². The van der Waals surface area contributed by atoms with Gasteiger partial charge in [-0.3, -0.25) is 9.78 Å². The van der Waals surface area contributed by atoms with Crippen LogP contribution in [0.25, 0.3) is 11.0 Å². The molecule has 0 aliphatic carbocycles. The zero-order valence-electron chi connectivity index (χ0n) is 16.4. The number of aromatic nitrogens is 5. The maximum atomic E-state index is 12.0. The van der Waals surface area contributed by atoms with Crippen molar-refractivity contribution in [1.82, 2.24) is 29.6 Å². The summed E-state index contributed by atoms with van der Waals surface area (Å²) in [6.45, 7) is 4.99. The lowest BCUT2D eigenvalue weighted by Crippen LogP contribution is -2.40. The number of ether oxygens (including phenoxy) is 1. The number of hydrogen-bond acceptors (Lipinski definition) is 7. The first-order valence-corrected chi connectivity index (χ1v) is 9.59. The lowest BCUT2D eigenvalue weighted by Gasteiger charge is -2.32. The summed E-state index contributed by atoms with van der Waals surface area (Å²) in [6, 6.07) is 3.58. The number of carbonyl (C=O) groups excluding carboxylic acids is 1. The molecule has 1 unspecified atom stereocenters. The Labute approximate surface area is 173 Å². The number of nitrogen functional groups attached to an aromatic ring is 1. The molecule has 152 valence electrons. The van der Waals surface area contributed by atoms with Gasteiger partial charge in [0.1, 0.15) is 30.2 Å². The van der Waals surface area contributed by atoms with E-state index in [1.165, 1.54) is 12.4 Å². The number of pyridine rings is 1. The van der Waals surface area contributed by atoms with Crippen molar-refractivity contribution in [2.24, 2.45) is 0 Å². The summed E-state index contributed by atoms with van der Waals surface area (Å²) in [4.78, 5) is 26.3. The number of hydrogen-bond donors (Lipinski definition) is 1. The fourth-order valence-electron chi connectivity index (χ4n) is 3.49. The van der Waals surface area contributed by atoms with Crippen LogP contribution in [-0.4, -0.2) is 55.2 Å². The number of nitrogens with two attached hydrogens (primary N) is 1. The largest absolute Gasteiger partial charge is 0.479 e. The van der Waals surface area contributed by atoms with Gasteiger partial charge in [-0.25, -0.2) is 14.6 Å². The molecule has 1 fully saturated rings. The fraction of sp³-hybridized carbons (Fsp3) is 0.286. The third kappa shape index (κ3) is 3.93. The minimum Gasteiger partial charge on any atom is -0.479 e. The maximum absolute atomic E-state index is 12.0. The number of piperidine rings is 1. The quantitative estimate of drug-likeness (QED) is 0.520. The molecule has 9 nitrogen and oxygen atoms in total. The van der Waals surface area contributed by atoms with Gasteiger partial charge in [-0.1, -0.05) is 12.5 Å². The van der Waals surface area contributed by atoms with Crippen molar-refractivity contribution in [1.29, 1.82) is 0 Å². The van der Waals surface area contributed by atoms with E-state index in [4.69, 9.17) is 10.5 Å². The Morgan fingerprint density at radius 2 is 2.33 bits per heavy atom. The molecule has 4 rings (SSSR count). The number of carbonyl (C=O) groups is 1. The summed E-state index contributed by atoms with van der Waals surface area (Å²) < 4.78 is 7.37. The van der Waals surface area contributed by atoms with Crippen LogP contribution in [0.2, 0.25) is 0 Å². The van der Waals surface area contributed by atoms with Crippen LogP contribution in [0.15, 0.2) is 43.5 Å². The standard InChI is InChI=1S/C21H21N7O2/c1-2-18(29)27-10-4-6-15(13-27)28-21-19(20(22)24-14-25-21)17(26-28)8-5-11-30-16-7-3-9-23-12-16/h2-3,7,9,12,14-15H,1,4,6,10-11,13H2,(H2,22,24,25). The van der Waals surface area contributed by atoms with Gasteiger partial charge < -0.3 is 15.4 Å². The molecule has 1 aliphatic rings. The van der Waals surface area contributed by atoms with Crippen LogP contribution in [0.3, 0.4) is 0 Å². The highest BCUT2D eigenvalue weighted by molar-refractivity contribution is 5.90. The van der Waals surface area contributed by atoms with Gasteiger partial charge in [0.25, 0.3) is 0 Å². The molecule has 1 atom stereocenters. The number of rotatable bonds is 4. The second-order valence-electron chi connectivity index (χ2n) is 6.81. The zero-order valence-corrected chi connectivity index (χ0v) is 16.4. The highest BCUT2D eigenvalue weighted by atomic mass is 16.5. The Kier molecular flexibility index (Phi) is 5.57. The highest BCUT2D eigenvalue weighted by Crippen LogP contribution is 2.28. The van der Waals surface area contributed by atoms with Gasteiger partial charge in [0.15, 0.2) is 5.65 Å². The van der Waals surface area contributed by atoms with Gasteiger partial charge in [-0.15, -0.1) is 0 Å². The Bertz CT molecular complexity index is 1130. The summed E-state index contributed by atoms with van der Waals surface area (Å²) in [5.41, 5.74) is 7.20. The van der Waals surface area contributed by atoms with E-state index >= 15 is 0 Å². The molecule has 2 N–H and O–H groups in total. The Morgan fingerprint density at radius 3 is 3.13 bits per heavy atom. The molecule has 3 aromatic heterocycles. The molecule has 0 spiro atoms. The molecule has 4 heterocycles. The molecule has 0 radical (unpaired) electrons. The summed E-state index contributed by atoms with van der Waals surface area (Å²) in [6.07, 6.45) is 7.79. The van der Waals surface area contributed by atoms with E-state index in [0.717, 1.165) is 12.8 Å². The predicted octanol–water partition coefficient (Wildman–Crippen LogP) is 1.58. The average molecular weight is 403 g/mol. The zero-order chi connectivity index (χ0) is 20.9. The van der Waals surface area contributed by atoms with Gasteiger partial charge in [0, 0.05) is 19.3 Å². The van der Waals surface area contributed by atoms with Crippen LogP contribution in [0.1, 0.15) is 24.6 Å². The molecule has 0 bridgehead atoms. The van der Waals surface area contributed by atoms with Crippen LogP contribution in [-0.2, 0) is 4.79 Å². The Hall–Kier alpha value is -3.93. The number of anilines is 1. The van der Waals surface area contributed by atoms with E-state index in [2.05, 4.69) is 38.5 Å². The minimum absolute atomic E-state index is 0.0263.